The normalized spacial score (nSPS) is 22.5. The maximum Gasteiger partial charge on any atom is 0.264 e. The third-order valence-electron chi connectivity index (χ3n) is 4.76. The van der Waals surface area contributed by atoms with Crippen molar-refractivity contribution in [3.63, 3.8) is 0 Å². The van der Waals surface area contributed by atoms with Gasteiger partial charge in [0.25, 0.3) is 11.8 Å². The van der Waals surface area contributed by atoms with Gasteiger partial charge in [-0.3, -0.25) is 14.4 Å². The fourth-order valence-corrected chi connectivity index (χ4v) is 3.26. The Labute approximate surface area is 145 Å². The fourth-order valence-electron chi connectivity index (χ4n) is 3.26. The van der Waals surface area contributed by atoms with E-state index in [0.29, 0.717) is 12.2 Å². The van der Waals surface area contributed by atoms with Crippen LogP contribution in [0, 0.1) is 5.92 Å². The summed E-state index contributed by atoms with van der Waals surface area (Å²) in [5.74, 6) is -2.10. The third kappa shape index (κ3) is 3.22. The molecule has 3 N–H and O–H groups in total. The minimum absolute atomic E-state index is 0.126. The quantitative estimate of drug-likeness (QED) is 0.712. The number of carbonyl (C=O) groups is 3. The van der Waals surface area contributed by atoms with Crippen LogP contribution in [0.1, 0.15) is 19.4 Å². The fraction of sp³-hybridized carbons (Fsp3) is 0.389. The van der Waals surface area contributed by atoms with Crippen LogP contribution >= 0.6 is 0 Å². The van der Waals surface area contributed by atoms with Crippen LogP contribution in [0.25, 0.3) is 0 Å². The molecule has 7 heteroatoms. The van der Waals surface area contributed by atoms with E-state index >= 15 is 0 Å². The average molecular weight is 343 g/mol. The molecule has 3 rings (SSSR count). The first-order chi connectivity index (χ1) is 11.9. The molecule has 1 fully saturated rings. The van der Waals surface area contributed by atoms with Gasteiger partial charge in [-0.1, -0.05) is 19.1 Å². The first kappa shape index (κ1) is 17.0. The number of rotatable bonds is 3. The molecule has 2 aliphatic heterocycles. The Hall–Kier alpha value is -2.83. The number of benzene rings is 1. The second kappa shape index (κ2) is 6.58. The number of hydrogen-bond donors (Lipinski definition) is 3. The summed E-state index contributed by atoms with van der Waals surface area (Å²) in [5, 5.41) is 15.8. The van der Waals surface area contributed by atoms with Crippen molar-refractivity contribution in [1.29, 1.82) is 0 Å². The van der Waals surface area contributed by atoms with Crippen molar-refractivity contribution in [1.82, 2.24) is 10.2 Å². The lowest BCUT2D eigenvalue weighted by atomic mass is 9.92. The molecule has 2 heterocycles. The number of anilines is 1. The number of nitrogens with one attached hydrogen (secondary N) is 2. The zero-order valence-electron chi connectivity index (χ0n) is 14.2. The Balaban J connectivity index is 1.80. The molecule has 0 radical (unpaired) electrons. The highest BCUT2D eigenvalue weighted by Gasteiger charge is 2.44. The van der Waals surface area contributed by atoms with E-state index in [0.717, 1.165) is 12.0 Å². The molecule has 2 aliphatic rings. The number of aliphatic hydroxyl groups excluding tert-OH is 1. The maximum absolute atomic E-state index is 12.5. The minimum Gasteiger partial charge on any atom is -0.511 e. The van der Waals surface area contributed by atoms with E-state index in [1.807, 2.05) is 19.1 Å². The first-order valence-electron chi connectivity index (χ1n) is 8.30. The second-order valence-corrected chi connectivity index (χ2v) is 6.38. The van der Waals surface area contributed by atoms with Crippen LogP contribution in [-0.2, 0) is 20.8 Å². The summed E-state index contributed by atoms with van der Waals surface area (Å²) in [5.41, 5.74) is 1.40. The third-order valence-corrected chi connectivity index (χ3v) is 4.76. The van der Waals surface area contributed by atoms with E-state index in [1.54, 1.807) is 17.0 Å². The van der Waals surface area contributed by atoms with Gasteiger partial charge in [0.1, 0.15) is 11.3 Å². The molecule has 3 amide bonds. The zero-order valence-corrected chi connectivity index (χ0v) is 14.2. The maximum atomic E-state index is 12.5. The van der Waals surface area contributed by atoms with Crippen molar-refractivity contribution in [2.45, 2.75) is 26.3 Å². The minimum atomic E-state index is -0.654. The SMILES string of the molecule is CCc1ccc(NC(=O)C2=C(O)[C@H]3CN(C(C)=O)C[C@@H]3NC2=O)cc1. The van der Waals surface area contributed by atoms with Crippen LogP contribution in [0.4, 0.5) is 5.69 Å². The number of aliphatic hydroxyl groups is 1. The Bertz CT molecular complexity index is 754. The number of nitrogens with zero attached hydrogens (tertiary/aromatic N) is 1. The van der Waals surface area contributed by atoms with Gasteiger partial charge in [-0.05, 0) is 24.1 Å². The largest absolute Gasteiger partial charge is 0.511 e. The molecule has 0 aromatic heterocycles. The number of likely N-dealkylation sites (tertiary alicyclic amines) is 1. The summed E-state index contributed by atoms with van der Waals surface area (Å²) in [7, 11) is 0. The number of amides is 3. The lowest BCUT2D eigenvalue weighted by molar-refractivity contribution is -0.128. The molecule has 1 aromatic rings. The number of fused-ring (bicyclic) bond motifs is 1. The summed E-state index contributed by atoms with van der Waals surface area (Å²) < 4.78 is 0. The van der Waals surface area contributed by atoms with Gasteiger partial charge in [0, 0.05) is 25.7 Å². The molecule has 1 saturated heterocycles. The van der Waals surface area contributed by atoms with Gasteiger partial charge in [0.15, 0.2) is 0 Å². The van der Waals surface area contributed by atoms with Crippen molar-refractivity contribution in [2.24, 2.45) is 5.92 Å². The number of carbonyl (C=O) groups excluding carboxylic acids is 3. The second-order valence-electron chi connectivity index (χ2n) is 6.38. The molecule has 25 heavy (non-hydrogen) atoms. The lowest BCUT2D eigenvalue weighted by Crippen LogP contribution is -2.48. The predicted octanol–water partition coefficient (Wildman–Crippen LogP) is 0.976. The van der Waals surface area contributed by atoms with E-state index in [4.69, 9.17) is 0 Å². The lowest BCUT2D eigenvalue weighted by Gasteiger charge is -2.26. The van der Waals surface area contributed by atoms with Gasteiger partial charge in [-0.15, -0.1) is 0 Å². The van der Waals surface area contributed by atoms with Gasteiger partial charge in [-0.2, -0.15) is 0 Å². The predicted molar refractivity (Wildman–Crippen MR) is 91.8 cm³/mol. The van der Waals surface area contributed by atoms with E-state index in [9.17, 15) is 19.5 Å². The van der Waals surface area contributed by atoms with Crippen LogP contribution < -0.4 is 10.6 Å². The summed E-state index contributed by atoms with van der Waals surface area (Å²) in [4.78, 5) is 37.8. The van der Waals surface area contributed by atoms with Gasteiger partial charge < -0.3 is 20.6 Å². The average Bonchev–Trinajstić information content (AvgIpc) is 3.00. The first-order valence-corrected chi connectivity index (χ1v) is 8.30. The molecule has 1 aromatic carbocycles. The van der Waals surface area contributed by atoms with Gasteiger partial charge >= 0.3 is 0 Å². The van der Waals surface area contributed by atoms with Crippen LogP contribution in [-0.4, -0.2) is 46.9 Å². The van der Waals surface area contributed by atoms with Crippen LogP contribution in [0.5, 0.6) is 0 Å². The molecular formula is C18H21N3O4. The van der Waals surface area contributed by atoms with E-state index in [2.05, 4.69) is 10.6 Å². The molecular weight excluding hydrogens is 322 g/mol. The molecule has 0 aliphatic carbocycles. The number of hydrogen-bond acceptors (Lipinski definition) is 4. The summed E-state index contributed by atoms with van der Waals surface area (Å²) in [6.45, 7) is 4.09. The Morgan fingerprint density at radius 2 is 1.96 bits per heavy atom. The summed E-state index contributed by atoms with van der Waals surface area (Å²) in [6.07, 6.45) is 0.887. The molecule has 7 nitrogen and oxygen atoms in total. The Kier molecular flexibility index (Phi) is 4.48. The van der Waals surface area contributed by atoms with Crippen LogP contribution in [0.2, 0.25) is 0 Å². The van der Waals surface area contributed by atoms with Gasteiger partial charge in [-0.25, -0.2) is 0 Å². The smallest absolute Gasteiger partial charge is 0.264 e. The number of aryl methyl sites for hydroxylation is 1. The van der Waals surface area contributed by atoms with E-state index < -0.39 is 17.7 Å². The highest BCUT2D eigenvalue weighted by molar-refractivity contribution is 6.23. The molecule has 2 atom stereocenters. The van der Waals surface area contributed by atoms with E-state index in [1.165, 1.54) is 6.92 Å². The molecule has 0 bridgehead atoms. The van der Waals surface area contributed by atoms with Crippen molar-refractivity contribution in [2.75, 3.05) is 18.4 Å². The van der Waals surface area contributed by atoms with Gasteiger partial charge in [0.2, 0.25) is 5.91 Å². The monoisotopic (exact) mass is 343 g/mol. The Morgan fingerprint density at radius 3 is 2.56 bits per heavy atom. The molecule has 132 valence electrons. The van der Waals surface area contributed by atoms with Crippen molar-refractivity contribution in [3.8, 4) is 0 Å². The Morgan fingerprint density at radius 1 is 1.28 bits per heavy atom. The zero-order chi connectivity index (χ0) is 18.1. The molecule has 0 unspecified atom stereocenters. The van der Waals surface area contributed by atoms with Crippen LogP contribution in [0.3, 0.4) is 0 Å². The summed E-state index contributed by atoms with van der Waals surface area (Å²) in [6, 6.07) is 6.93. The highest BCUT2D eigenvalue weighted by atomic mass is 16.3. The van der Waals surface area contributed by atoms with Crippen molar-refractivity contribution >= 4 is 23.4 Å². The highest BCUT2D eigenvalue weighted by Crippen LogP contribution is 2.29. The molecule has 0 spiro atoms. The summed E-state index contributed by atoms with van der Waals surface area (Å²) >= 11 is 0. The molecule has 0 saturated carbocycles. The van der Waals surface area contributed by atoms with Crippen LogP contribution in [0.15, 0.2) is 35.6 Å². The van der Waals surface area contributed by atoms with Crippen molar-refractivity contribution in [3.05, 3.63) is 41.2 Å². The van der Waals surface area contributed by atoms with E-state index in [-0.39, 0.29) is 29.8 Å². The standard InChI is InChI=1S/C18H21N3O4/c1-3-11-4-6-12(7-5-11)19-17(24)15-16(23)13-8-21(10(2)22)9-14(13)20-18(15)25/h4-7,13-14,23H,3,8-9H2,1-2H3,(H,19,24)(H,20,25)/t13-,14-/m0/s1. The topological polar surface area (TPSA) is 98.7 Å². The van der Waals surface area contributed by atoms with Gasteiger partial charge in [0.05, 0.1) is 12.0 Å². The van der Waals surface area contributed by atoms with Crippen molar-refractivity contribution < 1.29 is 19.5 Å².